The van der Waals surface area contributed by atoms with Crippen LogP contribution in [0.5, 0.6) is 0 Å². The highest BCUT2D eigenvalue weighted by Gasteiger charge is 2.26. The van der Waals surface area contributed by atoms with E-state index in [1.807, 2.05) is 37.3 Å². The van der Waals surface area contributed by atoms with Gasteiger partial charge >= 0.3 is 5.97 Å². The first kappa shape index (κ1) is 16.2. The zero-order chi connectivity index (χ0) is 15.1. The first-order chi connectivity index (χ1) is 9.47. The highest BCUT2D eigenvalue weighted by molar-refractivity contribution is 5.85. The van der Waals surface area contributed by atoms with E-state index in [4.69, 9.17) is 10.8 Å². The van der Waals surface area contributed by atoms with Crippen LogP contribution in [0, 0.1) is 5.92 Å². The Morgan fingerprint density at radius 3 is 2.40 bits per heavy atom. The number of rotatable bonds is 7. The Labute approximate surface area is 119 Å². The minimum absolute atomic E-state index is 0.331. The topological polar surface area (TPSA) is 92.4 Å². The number of hydrogen-bond acceptors (Lipinski definition) is 3. The maximum Gasteiger partial charge on any atom is 0.326 e. The second-order valence-electron chi connectivity index (χ2n) is 4.91. The zero-order valence-electron chi connectivity index (χ0n) is 11.9. The van der Waals surface area contributed by atoms with Crippen molar-refractivity contribution in [2.24, 2.45) is 11.7 Å². The Morgan fingerprint density at radius 1 is 1.30 bits per heavy atom. The van der Waals surface area contributed by atoms with Crippen LogP contribution >= 0.6 is 0 Å². The van der Waals surface area contributed by atoms with Crippen molar-refractivity contribution < 1.29 is 14.7 Å². The molecular formula is C15H22N2O3. The molecule has 0 fully saturated rings. The average Bonchev–Trinajstić information content (AvgIpc) is 2.45. The lowest BCUT2D eigenvalue weighted by atomic mass is 9.94. The van der Waals surface area contributed by atoms with E-state index in [2.05, 4.69) is 5.32 Å². The zero-order valence-corrected chi connectivity index (χ0v) is 11.9. The van der Waals surface area contributed by atoms with Crippen LogP contribution in [0.1, 0.15) is 38.3 Å². The van der Waals surface area contributed by atoms with Gasteiger partial charge in [-0.05, 0) is 12.0 Å². The summed E-state index contributed by atoms with van der Waals surface area (Å²) in [6.07, 6.45) is 1.10. The monoisotopic (exact) mass is 278 g/mol. The van der Waals surface area contributed by atoms with Crippen molar-refractivity contribution >= 4 is 11.9 Å². The molecule has 0 bridgehead atoms. The Kier molecular flexibility index (Phi) is 6.18. The first-order valence-electron chi connectivity index (χ1n) is 6.81. The van der Waals surface area contributed by atoms with Gasteiger partial charge in [0.25, 0.3) is 0 Å². The fourth-order valence-corrected chi connectivity index (χ4v) is 1.98. The van der Waals surface area contributed by atoms with Gasteiger partial charge in [0, 0.05) is 6.04 Å². The Morgan fingerprint density at radius 2 is 1.90 bits per heavy atom. The van der Waals surface area contributed by atoms with Gasteiger partial charge in [0.15, 0.2) is 0 Å². The third-order valence-corrected chi connectivity index (χ3v) is 3.33. The molecule has 20 heavy (non-hydrogen) atoms. The van der Waals surface area contributed by atoms with Gasteiger partial charge < -0.3 is 16.2 Å². The van der Waals surface area contributed by atoms with Crippen LogP contribution in [-0.2, 0) is 9.59 Å². The van der Waals surface area contributed by atoms with E-state index in [9.17, 15) is 9.59 Å². The number of nitrogens with two attached hydrogens (primary N) is 1. The van der Waals surface area contributed by atoms with Crippen molar-refractivity contribution in [3.8, 4) is 0 Å². The number of benzene rings is 1. The smallest absolute Gasteiger partial charge is 0.326 e. The molecule has 0 aliphatic heterocycles. The number of amides is 1. The van der Waals surface area contributed by atoms with Crippen molar-refractivity contribution in [3.05, 3.63) is 35.9 Å². The molecule has 5 nitrogen and oxygen atoms in total. The van der Waals surface area contributed by atoms with Crippen LogP contribution < -0.4 is 11.1 Å². The molecule has 3 unspecified atom stereocenters. The molecule has 5 heteroatoms. The predicted octanol–water partition coefficient (Wildman–Crippen LogP) is 1.69. The number of carboxylic acids is 1. The summed E-state index contributed by atoms with van der Waals surface area (Å²) in [5, 5.41) is 11.6. The van der Waals surface area contributed by atoms with Gasteiger partial charge in [-0.15, -0.1) is 0 Å². The van der Waals surface area contributed by atoms with Crippen LogP contribution in [0.15, 0.2) is 30.3 Å². The van der Waals surface area contributed by atoms with Gasteiger partial charge in [-0.25, -0.2) is 4.79 Å². The molecule has 1 amide bonds. The molecule has 0 aliphatic carbocycles. The van der Waals surface area contributed by atoms with E-state index in [1.54, 1.807) is 6.92 Å². The second-order valence-corrected chi connectivity index (χ2v) is 4.91. The molecule has 0 aromatic heterocycles. The van der Waals surface area contributed by atoms with E-state index >= 15 is 0 Å². The summed E-state index contributed by atoms with van der Waals surface area (Å²) in [6.45, 7) is 3.58. The number of carbonyl (C=O) groups is 2. The van der Waals surface area contributed by atoms with Crippen molar-refractivity contribution in [2.75, 3.05) is 0 Å². The molecule has 0 spiro atoms. The van der Waals surface area contributed by atoms with Crippen molar-refractivity contribution in [1.29, 1.82) is 0 Å². The maximum absolute atomic E-state index is 12.1. The molecule has 0 saturated carbocycles. The minimum Gasteiger partial charge on any atom is -0.480 e. The van der Waals surface area contributed by atoms with Gasteiger partial charge in [-0.3, -0.25) is 4.79 Å². The van der Waals surface area contributed by atoms with Gasteiger partial charge in [0.2, 0.25) is 5.91 Å². The number of carbonyl (C=O) groups excluding carboxylic acids is 1. The lowest BCUT2D eigenvalue weighted by molar-refractivity contribution is -0.142. The summed E-state index contributed by atoms with van der Waals surface area (Å²) in [7, 11) is 0. The lowest BCUT2D eigenvalue weighted by Crippen LogP contribution is -2.45. The number of nitrogens with one attached hydrogen (secondary N) is 1. The molecule has 0 heterocycles. The Balaban J connectivity index is 2.69. The van der Waals surface area contributed by atoms with Crippen LogP contribution in [0.25, 0.3) is 0 Å². The summed E-state index contributed by atoms with van der Waals surface area (Å²) in [4.78, 5) is 23.1. The van der Waals surface area contributed by atoms with Crippen LogP contribution in [0.2, 0.25) is 0 Å². The van der Waals surface area contributed by atoms with Crippen LogP contribution in [0.4, 0.5) is 0 Å². The van der Waals surface area contributed by atoms with Crippen molar-refractivity contribution in [1.82, 2.24) is 5.32 Å². The molecule has 0 aliphatic rings. The van der Waals surface area contributed by atoms with E-state index < -0.39 is 24.0 Å². The highest BCUT2D eigenvalue weighted by atomic mass is 16.4. The Bertz CT molecular complexity index is 448. The summed E-state index contributed by atoms with van der Waals surface area (Å²) in [6, 6.07) is 8.01. The molecule has 1 aromatic carbocycles. The SMILES string of the molecule is CCCC(NC(=O)C(C)C(N)c1ccccc1)C(=O)O. The largest absolute Gasteiger partial charge is 0.480 e. The molecule has 1 rings (SSSR count). The Hall–Kier alpha value is -1.88. The van der Waals surface area contributed by atoms with E-state index in [0.29, 0.717) is 12.8 Å². The summed E-state index contributed by atoms with van der Waals surface area (Å²) >= 11 is 0. The molecule has 1 aromatic rings. The predicted molar refractivity (Wildman–Crippen MR) is 77.0 cm³/mol. The fourth-order valence-electron chi connectivity index (χ4n) is 1.98. The molecule has 4 N–H and O–H groups in total. The number of hydrogen-bond donors (Lipinski definition) is 3. The minimum atomic E-state index is -1.01. The highest BCUT2D eigenvalue weighted by Crippen LogP contribution is 2.19. The molecule has 110 valence electrons. The number of carboxylic acid groups (broad SMARTS) is 1. The summed E-state index contributed by atoms with van der Waals surface area (Å²) < 4.78 is 0. The second kappa shape index (κ2) is 7.65. The van der Waals surface area contributed by atoms with Gasteiger partial charge in [-0.2, -0.15) is 0 Å². The molecular weight excluding hydrogens is 256 g/mol. The van der Waals surface area contributed by atoms with Crippen molar-refractivity contribution in [3.63, 3.8) is 0 Å². The van der Waals surface area contributed by atoms with Gasteiger partial charge in [-0.1, -0.05) is 50.6 Å². The van der Waals surface area contributed by atoms with E-state index in [-0.39, 0.29) is 5.91 Å². The lowest BCUT2D eigenvalue weighted by Gasteiger charge is -2.22. The standard InChI is InChI=1S/C15H22N2O3/c1-3-7-12(15(19)20)17-14(18)10(2)13(16)11-8-5-4-6-9-11/h4-6,8-10,12-13H,3,7,16H2,1-2H3,(H,17,18)(H,19,20). The first-order valence-corrected chi connectivity index (χ1v) is 6.81. The summed E-state index contributed by atoms with van der Waals surface area (Å²) in [5.41, 5.74) is 6.92. The quantitative estimate of drug-likeness (QED) is 0.707. The molecule has 3 atom stereocenters. The van der Waals surface area contributed by atoms with E-state index in [1.165, 1.54) is 0 Å². The van der Waals surface area contributed by atoms with Crippen molar-refractivity contribution in [2.45, 2.75) is 38.8 Å². The summed E-state index contributed by atoms with van der Waals surface area (Å²) in [5.74, 6) is -1.83. The third kappa shape index (κ3) is 4.35. The van der Waals surface area contributed by atoms with Crippen LogP contribution in [0.3, 0.4) is 0 Å². The third-order valence-electron chi connectivity index (χ3n) is 3.33. The number of aliphatic carboxylic acids is 1. The molecule has 0 saturated heterocycles. The average molecular weight is 278 g/mol. The fraction of sp³-hybridized carbons (Fsp3) is 0.467. The maximum atomic E-state index is 12.1. The normalized spacial score (nSPS) is 15.2. The van der Waals surface area contributed by atoms with Gasteiger partial charge in [0.1, 0.15) is 6.04 Å². The van der Waals surface area contributed by atoms with Crippen LogP contribution in [-0.4, -0.2) is 23.0 Å². The van der Waals surface area contributed by atoms with Gasteiger partial charge in [0.05, 0.1) is 5.92 Å². The molecule has 0 radical (unpaired) electrons. The van der Waals surface area contributed by atoms with E-state index in [0.717, 1.165) is 5.56 Å².